The normalized spacial score (nSPS) is 25.5. The average molecular weight is 636 g/mol. The summed E-state index contributed by atoms with van der Waals surface area (Å²) in [6, 6.07) is 0. The summed E-state index contributed by atoms with van der Waals surface area (Å²) < 4.78 is 36.3. The Labute approximate surface area is 256 Å². The molecule has 2 aliphatic rings. The van der Waals surface area contributed by atoms with E-state index in [0.717, 1.165) is 0 Å². The number of hydrogen-bond donors (Lipinski definition) is 2. The van der Waals surface area contributed by atoms with E-state index < -0.39 is 47.2 Å². The van der Waals surface area contributed by atoms with Crippen molar-refractivity contribution < 1.29 is 27.2 Å². The average Bonchev–Trinajstić information content (AvgIpc) is 3.47. The number of nitrogens with one attached hydrogen (secondary N) is 2. The van der Waals surface area contributed by atoms with Gasteiger partial charge in [-0.3, -0.25) is 24.5 Å². The lowest BCUT2D eigenvalue weighted by atomic mass is 10.1. The van der Waals surface area contributed by atoms with Crippen LogP contribution in [-0.4, -0.2) is 74.1 Å². The molecule has 2 aromatic heterocycles. The van der Waals surface area contributed by atoms with Gasteiger partial charge in [0.2, 0.25) is 11.9 Å². The first kappa shape index (κ1) is 33.7. The molecule has 14 heteroatoms. The van der Waals surface area contributed by atoms with Gasteiger partial charge in [-0.15, -0.1) is 6.58 Å². The lowest BCUT2D eigenvalue weighted by Crippen LogP contribution is -2.66. The van der Waals surface area contributed by atoms with Crippen molar-refractivity contribution in [2.45, 2.75) is 116 Å². The number of carbonyl (C=O) groups is 1. The van der Waals surface area contributed by atoms with E-state index in [4.69, 9.17) is 22.4 Å². The van der Waals surface area contributed by atoms with E-state index in [1.54, 1.807) is 24.5 Å². The lowest BCUT2D eigenvalue weighted by Gasteiger charge is -2.51. The molecular weight excluding hydrogens is 587 g/mol. The maximum Gasteiger partial charge on any atom is 0.335 e. The summed E-state index contributed by atoms with van der Waals surface area (Å²) in [5.74, 6) is -0.530. The summed E-state index contributed by atoms with van der Waals surface area (Å²) in [6.07, 6.45) is 0.844. The Kier molecular flexibility index (Phi) is 10.2. The number of nitrogens with zero attached hydrogens (tertiary/aromatic N) is 3. The van der Waals surface area contributed by atoms with Gasteiger partial charge in [0.25, 0.3) is 5.56 Å². The van der Waals surface area contributed by atoms with Gasteiger partial charge in [0.1, 0.15) is 18.3 Å². The summed E-state index contributed by atoms with van der Waals surface area (Å²) in [7, 11) is -5.73. The number of aromatic amines is 1. The Morgan fingerprint density at radius 3 is 2.30 bits per heavy atom. The van der Waals surface area contributed by atoms with Gasteiger partial charge in [-0.25, -0.2) is 4.98 Å². The van der Waals surface area contributed by atoms with Crippen molar-refractivity contribution in [3.8, 4) is 0 Å². The van der Waals surface area contributed by atoms with Crippen LogP contribution in [0.1, 0.15) is 75.5 Å². The first-order valence-electron chi connectivity index (χ1n) is 15.4. The number of carbonyl (C=O) groups excluding carboxylic acids is 1. The molecule has 0 aromatic carbocycles. The van der Waals surface area contributed by atoms with Crippen molar-refractivity contribution in [3.63, 3.8) is 0 Å². The number of amides is 1. The quantitative estimate of drug-likeness (QED) is 0.268. The highest BCUT2D eigenvalue weighted by molar-refractivity contribution is 6.84. The summed E-state index contributed by atoms with van der Waals surface area (Å²) in [4.78, 5) is 36.8. The van der Waals surface area contributed by atoms with Crippen LogP contribution >= 0.6 is 0 Å². The third kappa shape index (κ3) is 6.19. The number of H-pyrrole nitrogens is 1. The predicted molar refractivity (Wildman–Crippen MR) is 169 cm³/mol. The fourth-order valence-corrected chi connectivity index (χ4v) is 17.3. The Morgan fingerprint density at radius 2 is 1.74 bits per heavy atom. The zero-order valence-corrected chi connectivity index (χ0v) is 29.2. The van der Waals surface area contributed by atoms with Crippen LogP contribution in [0, 0.1) is 5.92 Å². The summed E-state index contributed by atoms with van der Waals surface area (Å²) in [6.45, 7) is 25.3. The molecule has 12 nitrogen and oxygen atoms in total. The second-order valence-corrected chi connectivity index (χ2v) is 21.9. The van der Waals surface area contributed by atoms with Crippen LogP contribution in [0.3, 0.4) is 0 Å². The third-order valence-corrected chi connectivity index (χ3v) is 18.7. The first-order chi connectivity index (χ1) is 20.2. The minimum atomic E-state index is -2.96. The SMILES string of the molecule is C=CCO[C@@H]1[C@@H]2O[Si](C(C)C)(C(C)C)O[Si](C(C)C)(C(C)C)OC[C@H]2O[C@H]1n1cnc2c(=O)[nH]c(NC(=O)C(C)C)nc21. The molecule has 4 atom stereocenters. The summed E-state index contributed by atoms with van der Waals surface area (Å²) in [5, 5.41) is 2.68. The van der Waals surface area contributed by atoms with Crippen molar-refractivity contribution in [3.05, 3.63) is 29.3 Å². The molecular formula is C29H49N5O7Si2. The molecule has 0 bridgehead atoms. The second-order valence-electron chi connectivity index (χ2n) is 13.1. The highest BCUT2D eigenvalue weighted by Gasteiger charge is 2.62. The molecule has 240 valence electrons. The van der Waals surface area contributed by atoms with Crippen molar-refractivity contribution in [2.75, 3.05) is 18.5 Å². The zero-order chi connectivity index (χ0) is 31.9. The highest BCUT2D eigenvalue weighted by Crippen LogP contribution is 2.49. The van der Waals surface area contributed by atoms with E-state index in [1.165, 1.54) is 6.33 Å². The molecule has 2 aliphatic heterocycles. The lowest BCUT2D eigenvalue weighted by molar-refractivity contribution is -0.118. The number of ether oxygens (including phenoxy) is 2. The van der Waals surface area contributed by atoms with E-state index >= 15 is 0 Å². The largest absolute Gasteiger partial charge is 0.414 e. The van der Waals surface area contributed by atoms with Crippen LogP contribution in [0.2, 0.25) is 22.2 Å². The molecule has 0 saturated carbocycles. The predicted octanol–water partition coefficient (Wildman–Crippen LogP) is 5.14. The summed E-state index contributed by atoms with van der Waals surface area (Å²) >= 11 is 0. The number of fused-ring (bicyclic) bond motifs is 2. The monoisotopic (exact) mass is 635 g/mol. The fraction of sp³-hybridized carbons (Fsp3) is 0.724. The molecule has 2 aromatic rings. The molecule has 2 saturated heterocycles. The van der Waals surface area contributed by atoms with Crippen LogP contribution < -0.4 is 10.9 Å². The van der Waals surface area contributed by atoms with Gasteiger partial charge in [-0.2, -0.15) is 4.98 Å². The molecule has 1 amide bonds. The second kappa shape index (κ2) is 13.0. The number of imidazole rings is 1. The molecule has 0 aliphatic carbocycles. The standard InChI is InChI=1S/C29H49N5O7Si2/c1-12-13-37-24-23-21(14-38-42(17(4)5,18(6)7)41-43(40-23,19(8)9)20(10)11)39-28(24)34-15-30-22-25(34)31-29(33-27(22)36)32-26(35)16(2)3/h12,15-21,23-24,28H,1,13-14H2,2-11H3,(H2,31,32,33,35,36)/t21-,23-,24-,28-/m1/s1. The van der Waals surface area contributed by atoms with Crippen LogP contribution in [-0.2, 0) is 27.2 Å². The minimum absolute atomic E-state index is 0.0363. The van der Waals surface area contributed by atoms with Gasteiger partial charge in [0.15, 0.2) is 17.4 Å². The molecule has 2 N–H and O–H groups in total. The Morgan fingerprint density at radius 1 is 1.12 bits per heavy atom. The van der Waals surface area contributed by atoms with Crippen molar-refractivity contribution in [2.24, 2.45) is 5.92 Å². The molecule has 0 radical (unpaired) electrons. The molecule has 0 spiro atoms. The number of hydrogen-bond acceptors (Lipinski definition) is 9. The maximum atomic E-state index is 12.9. The molecule has 43 heavy (non-hydrogen) atoms. The molecule has 0 unspecified atom stereocenters. The van der Waals surface area contributed by atoms with Gasteiger partial charge in [-0.1, -0.05) is 75.3 Å². The Balaban J connectivity index is 1.84. The van der Waals surface area contributed by atoms with E-state index in [2.05, 4.69) is 82.2 Å². The smallest absolute Gasteiger partial charge is 0.335 e. The molecule has 4 rings (SSSR count). The van der Waals surface area contributed by atoms with E-state index in [-0.39, 0.29) is 64.3 Å². The third-order valence-electron chi connectivity index (χ3n) is 8.50. The van der Waals surface area contributed by atoms with Crippen LogP contribution in [0.25, 0.3) is 11.2 Å². The van der Waals surface area contributed by atoms with Gasteiger partial charge >= 0.3 is 17.1 Å². The van der Waals surface area contributed by atoms with E-state index in [9.17, 15) is 9.59 Å². The molecule has 4 heterocycles. The number of anilines is 1. The van der Waals surface area contributed by atoms with E-state index in [1.807, 2.05) is 0 Å². The number of aromatic nitrogens is 4. The molecule has 2 fully saturated rings. The minimum Gasteiger partial charge on any atom is -0.414 e. The Bertz CT molecular complexity index is 1340. The van der Waals surface area contributed by atoms with Crippen LogP contribution in [0.4, 0.5) is 5.95 Å². The van der Waals surface area contributed by atoms with E-state index in [0.29, 0.717) is 0 Å². The highest BCUT2D eigenvalue weighted by atomic mass is 28.5. The van der Waals surface area contributed by atoms with Gasteiger partial charge in [0, 0.05) is 5.92 Å². The number of rotatable bonds is 10. The first-order valence-corrected chi connectivity index (χ1v) is 19.3. The maximum absolute atomic E-state index is 12.9. The topological polar surface area (TPSA) is 139 Å². The fourth-order valence-electron chi connectivity index (χ4n) is 6.14. The van der Waals surface area contributed by atoms with Gasteiger partial charge in [0.05, 0.1) is 19.5 Å². The van der Waals surface area contributed by atoms with Crippen LogP contribution in [0.15, 0.2) is 23.8 Å². The zero-order valence-electron chi connectivity index (χ0n) is 27.2. The van der Waals surface area contributed by atoms with Crippen molar-refractivity contribution in [1.29, 1.82) is 0 Å². The van der Waals surface area contributed by atoms with Crippen molar-refractivity contribution >= 4 is 40.1 Å². The summed E-state index contributed by atoms with van der Waals surface area (Å²) in [5.41, 5.74) is 0.539. The van der Waals surface area contributed by atoms with Crippen molar-refractivity contribution in [1.82, 2.24) is 19.5 Å². The van der Waals surface area contributed by atoms with Crippen LogP contribution in [0.5, 0.6) is 0 Å². The van der Waals surface area contributed by atoms with Gasteiger partial charge < -0.3 is 22.4 Å². The Hall–Kier alpha value is -2.21. The van der Waals surface area contributed by atoms with Gasteiger partial charge in [-0.05, 0) is 22.2 Å².